The minimum absolute atomic E-state index is 0.278. The van der Waals surface area contributed by atoms with Crippen LogP contribution in [-0.4, -0.2) is 11.7 Å². The van der Waals surface area contributed by atoms with Crippen molar-refractivity contribution in [1.29, 1.82) is 0 Å². The molecule has 0 N–H and O–H groups in total. The van der Waals surface area contributed by atoms with Crippen molar-refractivity contribution in [2.45, 2.75) is 5.44 Å². The molecule has 1 unspecified atom stereocenters. The van der Waals surface area contributed by atoms with Crippen LogP contribution in [0.25, 0.3) is 0 Å². The zero-order valence-corrected chi connectivity index (χ0v) is 4.94. The van der Waals surface area contributed by atoms with Crippen molar-refractivity contribution in [2.24, 2.45) is 0 Å². The van der Waals surface area contributed by atoms with Crippen LogP contribution in [0.1, 0.15) is 0 Å². The second-order valence-corrected chi connectivity index (χ2v) is 2.20. The molecule has 1 aliphatic rings. The second kappa shape index (κ2) is 2.28. The lowest BCUT2D eigenvalue weighted by Gasteiger charge is -2.08. The minimum atomic E-state index is 0.278. The summed E-state index contributed by atoms with van der Waals surface area (Å²) < 4.78 is 5.03. The van der Waals surface area contributed by atoms with E-state index in [2.05, 4.69) is 0 Å². The molecule has 7 heavy (non-hydrogen) atoms. The van der Waals surface area contributed by atoms with Crippen molar-refractivity contribution in [3.05, 3.63) is 18.8 Å². The van der Waals surface area contributed by atoms with Crippen molar-refractivity contribution in [3.63, 3.8) is 0 Å². The van der Waals surface area contributed by atoms with E-state index in [1.54, 1.807) is 18.4 Å². The summed E-state index contributed by atoms with van der Waals surface area (Å²) in [5.74, 6) is 0. The Bertz CT molecular complexity index is 80.1. The standard InChI is InChI=1S/C5H7OS/c1-7-5-3-2-4-6-5/h2-5H,1H3/q-1. The molecule has 0 saturated carbocycles. The molecule has 0 bridgehead atoms. The third-order valence-electron chi connectivity index (χ3n) is 0.792. The third-order valence-corrected chi connectivity index (χ3v) is 1.52. The molecule has 0 aliphatic carbocycles. The van der Waals surface area contributed by atoms with Gasteiger partial charge in [0, 0.05) is 5.44 Å². The van der Waals surface area contributed by atoms with Crippen LogP contribution in [0.2, 0.25) is 0 Å². The van der Waals surface area contributed by atoms with Gasteiger partial charge in [-0.2, -0.15) is 6.08 Å². The molecule has 0 saturated heterocycles. The van der Waals surface area contributed by atoms with E-state index in [0.29, 0.717) is 0 Å². The van der Waals surface area contributed by atoms with Crippen LogP contribution in [0.3, 0.4) is 0 Å². The van der Waals surface area contributed by atoms with E-state index in [1.807, 2.05) is 18.4 Å². The maximum Gasteiger partial charge on any atom is 0.0409 e. The number of thioether (sulfide) groups is 1. The van der Waals surface area contributed by atoms with Crippen molar-refractivity contribution in [3.8, 4) is 0 Å². The normalized spacial score (nSPS) is 27.9. The number of hydrogen-bond acceptors (Lipinski definition) is 2. The van der Waals surface area contributed by atoms with Gasteiger partial charge in [-0.05, 0) is 6.26 Å². The first-order valence-electron chi connectivity index (χ1n) is 2.12. The molecule has 1 rings (SSSR count). The Kier molecular flexibility index (Phi) is 1.65. The van der Waals surface area contributed by atoms with Gasteiger partial charge >= 0.3 is 0 Å². The maximum absolute atomic E-state index is 5.03. The summed E-state index contributed by atoms with van der Waals surface area (Å²) >= 11 is 1.69. The highest BCUT2D eigenvalue weighted by molar-refractivity contribution is 7.99. The van der Waals surface area contributed by atoms with Crippen LogP contribution in [0.5, 0.6) is 0 Å². The Labute approximate surface area is 47.7 Å². The van der Waals surface area contributed by atoms with E-state index in [0.717, 1.165) is 0 Å². The van der Waals surface area contributed by atoms with Gasteiger partial charge in [-0.3, -0.25) is 0 Å². The number of rotatable bonds is 1. The van der Waals surface area contributed by atoms with Crippen LogP contribution < -0.4 is 0 Å². The first kappa shape index (κ1) is 5.06. The van der Waals surface area contributed by atoms with Crippen molar-refractivity contribution in [1.82, 2.24) is 0 Å². The molecule has 1 nitrogen and oxygen atoms in total. The van der Waals surface area contributed by atoms with Crippen molar-refractivity contribution in [2.75, 3.05) is 6.26 Å². The predicted octanol–water partition coefficient (Wildman–Crippen LogP) is 1.42. The van der Waals surface area contributed by atoms with Gasteiger partial charge in [0.15, 0.2) is 0 Å². The van der Waals surface area contributed by atoms with E-state index in [9.17, 15) is 0 Å². The van der Waals surface area contributed by atoms with Gasteiger partial charge in [0.05, 0.1) is 0 Å². The molecule has 0 spiro atoms. The van der Waals surface area contributed by atoms with Crippen LogP contribution in [0, 0.1) is 6.61 Å². The van der Waals surface area contributed by atoms with Gasteiger partial charge in [-0.1, -0.05) is 0 Å². The maximum atomic E-state index is 5.03. The molecule has 1 aliphatic heterocycles. The summed E-state index contributed by atoms with van der Waals surface area (Å²) in [7, 11) is 0. The lowest BCUT2D eigenvalue weighted by Crippen LogP contribution is -1.92. The van der Waals surface area contributed by atoms with Gasteiger partial charge in [0.1, 0.15) is 0 Å². The molecule has 1 atom stereocenters. The molecule has 0 aromatic heterocycles. The molecule has 40 valence electrons. The van der Waals surface area contributed by atoms with E-state index >= 15 is 0 Å². The Morgan fingerprint density at radius 2 is 2.71 bits per heavy atom. The number of hydrogen-bond donors (Lipinski definition) is 0. The fraction of sp³-hybridized carbons (Fsp3) is 0.400. The third kappa shape index (κ3) is 1.14. The van der Waals surface area contributed by atoms with Gasteiger partial charge in [0.25, 0.3) is 0 Å². The molecule has 0 fully saturated rings. The monoisotopic (exact) mass is 115 g/mol. The predicted molar refractivity (Wildman–Crippen MR) is 31.8 cm³/mol. The largest absolute Gasteiger partial charge is 0.442 e. The average Bonchev–Trinajstić information content (AvgIpc) is 2.14. The van der Waals surface area contributed by atoms with Crippen molar-refractivity contribution >= 4 is 11.8 Å². The highest BCUT2D eigenvalue weighted by atomic mass is 32.2. The Balaban J connectivity index is 2.28. The second-order valence-electron chi connectivity index (χ2n) is 1.26. The molecule has 0 aromatic rings. The number of ether oxygens (including phenoxy) is 1. The Morgan fingerprint density at radius 3 is 3.00 bits per heavy atom. The molecular weight excluding hydrogens is 108 g/mol. The highest BCUT2D eigenvalue weighted by Gasteiger charge is 1.94. The Morgan fingerprint density at radius 1 is 1.86 bits per heavy atom. The molecular formula is C5H7OS-. The van der Waals surface area contributed by atoms with Gasteiger partial charge in [-0.25, -0.2) is 6.08 Å². The molecule has 2 heteroatoms. The fourth-order valence-electron chi connectivity index (χ4n) is 0.438. The lowest BCUT2D eigenvalue weighted by atomic mass is 10.6. The van der Waals surface area contributed by atoms with Gasteiger partial charge in [0.2, 0.25) is 0 Å². The van der Waals surface area contributed by atoms with E-state index < -0.39 is 0 Å². The first-order valence-corrected chi connectivity index (χ1v) is 3.40. The van der Waals surface area contributed by atoms with Crippen LogP contribution in [-0.2, 0) is 4.74 Å². The lowest BCUT2D eigenvalue weighted by molar-refractivity contribution is 0.243. The Hall–Kier alpha value is -0.0800. The quantitative estimate of drug-likeness (QED) is 0.478. The summed E-state index contributed by atoms with van der Waals surface area (Å²) in [5, 5.41) is 0. The van der Waals surface area contributed by atoms with Gasteiger partial charge < -0.3 is 4.74 Å². The minimum Gasteiger partial charge on any atom is -0.442 e. The molecule has 1 heterocycles. The smallest absolute Gasteiger partial charge is 0.0409 e. The van der Waals surface area contributed by atoms with Crippen LogP contribution >= 0.6 is 11.8 Å². The van der Waals surface area contributed by atoms with Gasteiger partial charge in [-0.15, -0.1) is 18.4 Å². The average molecular weight is 115 g/mol. The summed E-state index contributed by atoms with van der Waals surface area (Å²) in [6.07, 6.45) is 5.96. The summed E-state index contributed by atoms with van der Waals surface area (Å²) in [6.45, 7) is 1.71. The highest BCUT2D eigenvalue weighted by Crippen LogP contribution is 2.16. The first-order chi connectivity index (χ1) is 3.43. The van der Waals surface area contributed by atoms with Crippen LogP contribution in [0.15, 0.2) is 12.2 Å². The summed E-state index contributed by atoms with van der Waals surface area (Å²) in [4.78, 5) is 0. The zero-order valence-electron chi connectivity index (χ0n) is 4.13. The van der Waals surface area contributed by atoms with Crippen LogP contribution in [0.4, 0.5) is 0 Å². The van der Waals surface area contributed by atoms with E-state index in [4.69, 9.17) is 4.74 Å². The van der Waals surface area contributed by atoms with E-state index in [-0.39, 0.29) is 5.44 Å². The van der Waals surface area contributed by atoms with E-state index in [1.165, 1.54) is 0 Å². The van der Waals surface area contributed by atoms with Crippen molar-refractivity contribution < 1.29 is 4.74 Å². The summed E-state index contributed by atoms with van der Waals surface area (Å²) in [6, 6.07) is 0. The SMILES string of the molecule is CSC1C=C[CH-]O1. The topological polar surface area (TPSA) is 9.23 Å². The molecule has 0 radical (unpaired) electrons. The molecule has 0 aromatic carbocycles. The fourth-order valence-corrected chi connectivity index (χ4v) is 0.861. The zero-order chi connectivity index (χ0) is 5.11. The summed E-state index contributed by atoms with van der Waals surface area (Å²) in [5.41, 5.74) is 0.278. The molecule has 0 amide bonds.